The monoisotopic (exact) mass is 224 g/mol. The second kappa shape index (κ2) is 2.84. The highest BCUT2D eigenvalue weighted by Gasteiger charge is 2.64. The van der Waals surface area contributed by atoms with E-state index in [4.69, 9.17) is 0 Å². The van der Waals surface area contributed by atoms with Crippen molar-refractivity contribution in [3.63, 3.8) is 0 Å². The van der Waals surface area contributed by atoms with Crippen molar-refractivity contribution in [3.05, 3.63) is 0 Å². The van der Waals surface area contributed by atoms with Crippen LogP contribution in [0.2, 0.25) is 0 Å². The summed E-state index contributed by atoms with van der Waals surface area (Å²) in [4.78, 5) is 0. The van der Waals surface area contributed by atoms with E-state index in [0.29, 0.717) is 16.2 Å². The van der Waals surface area contributed by atoms with Gasteiger partial charge in [0, 0.05) is 6.42 Å². The Hall–Kier alpha value is -0.0800. The van der Waals surface area contributed by atoms with Gasteiger partial charge >= 0.3 is 0 Å². The molecule has 4 aliphatic rings. The number of hydrogen-bond acceptors (Lipinski definition) is 1. The Morgan fingerprint density at radius 2 is 1.50 bits per heavy atom. The van der Waals surface area contributed by atoms with Crippen molar-refractivity contribution in [2.75, 3.05) is 6.54 Å². The van der Waals surface area contributed by atoms with Gasteiger partial charge in [-0.1, -0.05) is 13.8 Å². The SMILES string of the molecule is CC12CC3(C)CC(O)(C1)CC(CC[NH3+])(C2)C3. The quantitative estimate of drug-likeness (QED) is 0.737. The highest BCUT2D eigenvalue weighted by Crippen LogP contribution is 2.71. The van der Waals surface area contributed by atoms with Crippen LogP contribution in [-0.2, 0) is 0 Å². The molecule has 2 heteroatoms. The summed E-state index contributed by atoms with van der Waals surface area (Å²) in [5, 5.41) is 10.8. The first-order chi connectivity index (χ1) is 7.30. The molecule has 92 valence electrons. The van der Waals surface area contributed by atoms with Crippen LogP contribution in [0, 0.1) is 16.2 Å². The van der Waals surface area contributed by atoms with E-state index in [2.05, 4.69) is 19.6 Å². The molecule has 0 aromatic heterocycles. The third kappa shape index (κ3) is 1.46. The first kappa shape index (κ1) is 11.0. The van der Waals surface area contributed by atoms with Gasteiger partial charge in [0.1, 0.15) is 0 Å². The zero-order chi connectivity index (χ0) is 11.7. The maximum atomic E-state index is 10.8. The van der Waals surface area contributed by atoms with Crippen molar-refractivity contribution < 1.29 is 10.8 Å². The van der Waals surface area contributed by atoms with Crippen LogP contribution in [0.4, 0.5) is 0 Å². The standard InChI is InChI=1S/C14H25NO/c1-11-5-12(2)7-13(6-11,3-4-15)10-14(16,8-11)9-12/h16H,3-10,15H2,1-2H3/p+1. The summed E-state index contributed by atoms with van der Waals surface area (Å²) in [5.74, 6) is 0. The second-order valence-electron chi connectivity index (χ2n) is 8.01. The van der Waals surface area contributed by atoms with Crippen LogP contribution in [0.3, 0.4) is 0 Å². The van der Waals surface area contributed by atoms with E-state index < -0.39 is 0 Å². The summed E-state index contributed by atoms with van der Waals surface area (Å²) in [5.41, 5.74) is 4.95. The largest absolute Gasteiger partial charge is 0.390 e. The van der Waals surface area contributed by atoms with E-state index in [1.165, 1.54) is 25.7 Å². The van der Waals surface area contributed by atoms with Gasteiger partial charge in [0.2, 0.25) is 0 Å². The van der Waals surface area contributed by atoms with Gasteiger partial charge in [0.25, 0.3) is 0 Å². The molecule has 0 heterocycles. The molecular weight excluding hydrogens is 198 g/mol. The van der Waals surface area contributed by atoms with Crippen molar-refractivity contribution in [2.24, 2.45) is 16.2 Å². The molecule has 0 radical (unpaired) electrons. The Kier molecular flexibility index (Phi) is 1.96. The molecule has 16 heavy (non-hydrogen) atoms. The summed E-state index contributed by atoms with van der Waals surface area (Å²) in [6.45, 7) is 5.85. The Balaban J connectivity index is 2.00. The molecule has 0 amide bonds. The van der Waals surface area contributed by atoms with Gasteiger partial charge in [-0.3, -0.25) is 0 Å². The molecule has 2 nitrogen and oxygen atoms in total. The first-order valence-electron chi connectivity index (χ1n) is 6.82. The molecule has 0 aromatic rings. The minimum absolute atomic E-state index is 0.340. The Morgan fingerprint density at radius 1 is 0.938 bits per heavy atom. The van der Waals surface area contributed by atoms with Crippen molar-refractivity contribution in [1.82, 2.24) is 0 Å². The molecule has 0 saturated heterocycles. The summed E-state index contributed by atoms with van der Waals surface area (Å²) < 4.78 is 0. The van der Waals surface area contributed by atoms with Crippen LogP contribution in [0.1, 0.15) is 58.8 Å². The predicted molar refractivity (Wildman–Crippen MR) is 63.7 cm³/mol. The summed E-state index contributed by atoms with van der Waals surface area (Å²) >= 11 is 0. The highest BCUT2D eigenvalue weighted by atomic mass is 16.3. The molecular formula is C14H26NO+. The average Bonchev–Trinajstić information content (AvgIpc) is 1.91. The van der Waals surface area contributed by atoms with Crippen LogP contribution in [0.25, 0.3) is 0 Å². The van der Waals surface area contributed by atoms with Gasteiger partial charge in [-0.25, -0.2) is 0 Å². The fraction of sp³-hybridized carbons (Fsp3) is 1.00. The zero-order valence-corrected chi connectivity index (χ0v) is 10.8. The van der Waals surface area contributed by atoms with E-state index in [-0.39, 0.29) is 5.60 Å². The maximum absolute atomic E-state index is 10.8. The Morgan fingerprint density at radius 3 is 1.94 bits per heavy atom. The maximum Gasteiger partial charge on any atom is 0.0745 e. The predicted octanol–water partition coefficient (Wildman–Crippen LogP) is 1.73. The molecule has 4 saturated carbocycles. The fourth-order valence-electron chi connectivity index (χ4n) is 6.52. The van der Waals surface area contributed by atoms with Crippen molar-refractivity contribution in [2.45, 2.75) is 64.4 Å². The van der Waals surface area contributed by atoms with E-state index >= 15 is 0 Å². The second-order valence-corrected chi connectivity index (χ2v) is 8.01. The molecule has 4 N–H and O–H groups in total. The minimum atomic E-state index is -0.340. The lowest BCUT2D eigenvalue weighted by Crippen LogP contribution is -2.64. The van der Waals surface area contributed by atoms with E-state index in [1.54, 1.807) is 0 Å². The normalized spacial score (nSPS) is 59.2. The van der Waals surface area contributed by atoms with Crippen molar-refractivity contribution in [1.29, 1.82) is 0 Å². The van der Waals surface area contributed by atoms with Crippen molar-refractivity contribution >= 4 is 0 Å². The molecule has 4 bridgehead atoms. The van der Waals surface area contributed by atoms with Gasteiger partial charge in [0.15, 0.2) is 0 Å². The number of quaternary nitrogens is 1. The Labute approximate surface area is 98.6 Å². The van der Waals surface area contributed by atoms with Gasteiger partial charge < -0.3 is 10.8 Å². The number of hydrogen-bond donors (Lipinski definition) is 2. The summed E-state index contributed by atoms with van der Waals surface area (Å²) in [6, 6.07) is 0. The molecule has 4 aliphatic carbocycles. The first-order valence-corrected chi connectivity index (χ1v) is 6.82. The van der Waals surface area contributed by atoms with Crippen molar-refractivity contribution in [3.8, 4) is 0 Å². The highest BCUT2D eigenvalue weighted by molar-refractivity contribution is 5.15. The van der Waals surface area contributed by atoms with Gasteiger partial charge in [-0.05, 0) is 54.8 Å². The van der Waals surface area contributed by atoms with E-state index in [9.17, 15) is 5.11 Å². The third-order valence-electron chi connectivity index (χ3n) is 5.38. The third-order valence-corrected chi connectivity index (χ3v) is 5.38. The molecule has 0 aliphatic heterocycles. The molecule has 2 atom stereocenters. The number of rotatable bonds is 2. The zero-order valence-electron chi connectivity index (χ0n) is 10.8. The van der Waals surface area contributed by atoms with Crippen LogP contribution in [0.5, 0.6) is 0 Å². The fourth-order valence-corrected chi connectivity index (χ4v) is 6.52. The minimum Gasteiger partial charge on any atom is -0.390 e. The molecule has 0 spiro atoms. The topological polar surface area (TPSA) is 47.9 Å². The van der Waals surface area contributed by atoms with E-state index in [1.807, 2.05) is 0 Å². The van der Waals surface area contributed by atoms with Crippen LogP contribution in [0.15, 0.2) is 0 Å². The van der Waals surface area contributed by atoms with Crippen LogP contribution >= 0.6 is 0 Å². The van der Waals surface area contributed by atoms with E-state index in [0.717, 1.165) is 25.8 Å². The van der Waals surface area contributed by atoms with Gasteiger partial charge in [0.05, 0.1) is 12.1 Å². The lowest BCUT2D eigenvalue weighted by Gasteiger charge is -2.68. The lowest BCUT2D eigenvalue weighted by molar-refractivity contribution is -0.377. The Bertz CT molecular complexity index is 271. The van der Waals surface area contributed by atoms with Gasteiger partial charge in [-0.2, -0.15) is 0 Å². The molecule has 2 unspecified atom stereocenters. The van der Waals surface area contributed by atoms with Crippen LogP contribution < -0.4 is 5.73 Å². The summed E-state index contributed by atoms with van der Waals surface area (Å²) in [7, 11) is 0. The molecule has 0 aromatic carbocycles. The van der Waals surface area contributed by atoms with Gasteiger partial charge in [-0.15, -0.1) is 0 Å². The average molecular weight is 224 g/mol. The molecule has 4 fully saturated rings. The lowest BCUT2D eigenvalue weighted by atomic mass is 9.38. The van der Waals surface area contributed by atoms with Crippen LogP contribution in [-0.4, -0.2) is 17.3 Å². The molecule has 4 rings (SSSR count). The summed E-state index contributed by atoms with van der Waals surface area (Å²) in [6.07, 6.45) is 8.40. The number of aliphatic hydroxyl groups is 1. The smallest absolute Gasteiger partial charge is 0.0745 e.